The molecular formula is C21H24N6O4. The summed E-state index contributed by atoms with van der Waals surface area (Å²) in [5.74, 6) is -0.866. The molecule has 0 aliphatic heterocycles. The molecule has 2 heterocycles. The first kappa shape index (κ1) is 20.6. The molecule has 0 radical (unpaired) electrons. The number of nitrogens with zero attached hydrogens (tertiary/aromatic N) is 4. The van der Waals surface area contributed by atoms with Crippen LogP contribution in [0.25, 0.3) is 11.2 Å². The van der Waals surface area contributed by atoms with Crippen LogP contribution in [0.3, 0.4) is 0 Å². The second kappa shape index (κ2) is 8.21. The number of imidazole rings is 1. The van der Waals surface area contributed by atoms with E-state index in [2.05, 4.69) is 15.6 Å². The predicted octanol–water partition coefficient (Wildman–Crippen LogP) is -0.560. The van der Waals surface area contributed by atoms with Crippen LogP contribution in [-0.4, -0.2) is 42.6 Å². The van der Waals surface area contributed by atoms with Crippen LogP contribution < -0.4 is 21.9 Å². The Labute approximate surface area is 177 Å². The maximum absolute atomic E-state index is 12.8. The highest BCUT2D eigenvalue weighted by Crippen LogP contribution is 2.19. The summed E-state index contributed by atoms with van der Waals surface area (Å²) in [5, 5.41) is 5.60. The van der Waals surface area contributed by atoms with E-state index in [4.69, 9.17) is 0 Å². The van der Waals surface area contributed by atoms with Gasteiger partial charge in [-0.05, 0) is 18.4 Å². The number of amides is 2. The molecule has 0 bridgehead atoms. The largest absolute Gasteiger partial charge is 0.352 e. The van der Waals surface area contributed by atoms with Gasteiger partial charge in [-0.15, -0.1) is 0 Å². The Balaban J connectivity index is 1.57. The quantitative estimate of drug-likeness (QED) is 0.527. The first-order valence-electron chi connectivity index (χ1n) is 10.1. The van der Waals surface area contributed by atoms with Crippen molar-refractivity contribution in [3.8, 4) is 0 Å². The van der Waals surface area contributed by atoms with Crippen LogP contribution in [-0.2, 0) is 36.6 Å². The van der Waals surface area contributed by atoms with Gasteiger partial charge in [0.2, 0.25) is 11.8 Å². The topological polar surface area (TPSA) is 120 Å². The van der Waals surface area contributed by atoms with Crippen molar-refractivity contribution in [3.63, 3.8) is 0 Å². The second-order valence-corrected chi connectivity index (χ2v) is 7.85. The van der Waals surface area contributed by atoms with Crippen LogP contribution in [0.15, 0.2) is 46.2 Å². The molecule has 1 atom stereocenters. The molecule has 10 heteroatoms. The van der Waals surface area contributed by atoms with E-state index in [1.54, 1.807) is 7.05 Å². The number of aromatic nitrogens is 4. The smallest absolute Gasteiger partial charge is 0.332 e. The molecule has 1 saturated carbocycles. The van der Waals surface area contributed by atoms with Crippen molar-refractivity contribution < 1.29 is 9.59 Å². The zero-order valence-electron chi connectivity index (χ0n) is 17.4. The lowest BCUT2D eigenvalue weighted by atomic mass is 10.1. The highest BCUT2D eigenvalue weighted by molar-refractivity contribution is 5.88. The van der Waals surface area contributed by atoms with E-state index in [0.29, 0.717) is 6.42 Å². The standard InChI is InChI=1S/C21H24N6O4/c1-25-12-22-18-17(25)20(30)27(21(31)26(18)2)11-16(28)24-15(19(29)23-14-8-9-14)10-13-6-4-3-5-7-13/h3-7,12,14-15H,8-11H2,1-2H3,(H,23,29)(H,24,28). The third-order valence-corrected chi connectivity index (χ3v) is 5.36. The monoisotopic (exact) mass is 424 g/mol. The Bertz CT molecular complexity index is 1250. The van der Waals surface area contributed by atoms with Crippen molar-refractivity contribution in [1.29, 1.82) is 0 Å². The van der Waals surface area contributed by atoms with Gasteiger partial charge in [0.25, 0.3) is 5.56 Å². The van der Waals surface area contributed by atoms with Crippen LogP contribution in [0, 0.1) is 0 Å². The summed E-state index contributed by atoms with van der Waals surface area (Å²) in [5.41, 5.74) is 0.119. The molecule has 31 heavy (non-hydrogen) atoms. The Kier molecular flexibility index (Phi) is 5.45. The van der Waals surface area contributed by atoms with Gasteiger partial charge in [-0.25, -0.2) is 14.3 Å². The van der Waals surface area contributed by atoms with E-state index >= 15 is 0 Å². The number of rotatable bonds is 7. The van der Waals surface area contributed by atoms with E-state index in [1.807, 2.05) is 30.3 Å². The summed E-state index contributed by atoms with van der Waals surface area (Å²) in [4.78, 5) is 55.0. The molecule has 1 aliphatic rings. The second-order valence-electron chi connectivity index (χ2n) is 7.85. The normalized spacial score (nSPS) is 14.4. The van der Waals surface area contributed by atoms with Gasteiger partial charge in [-0.1, -0.05) is 30.3 Å². The molecular weight excluding hydrogens is 400 g/mol. The van der Waals surface area contributed by atoms with E-state index in [1.165, 1.54) is 22.5 Å². The summed E-state index contributed by atoms with van der Waals surface area (Å²) < 4.78 is 3.59. The van der Waals surface area contributed by atoms with Crippen molar-refractivity contribution in [1.82, 2.24) is 29.3 Å². The third kappa shape index (κ3) is 4.27. The molecule has 1 aliphatic carbocycles. The number of hydrogen-bond acceptors (Lipinski definition) is 5. The number of carbonyl (C=O) groups is 2. The maximum Gasteiger partial charge on any atom is 0.332 e. The van der Waals surface area contributed by atoms with Crippen molar-refractivity contribution >= 4 is 23.0 Å². The number of benzene rings is 1. The van der Waals surface area contributed by atoms with Crippen molar-refractivity contribution in [2.45, 2.75) is 37.9 Å². The SMILES string of the molecule is Cn1cnc2c1c(=O)n(CC(=O)NC(Cc1ccccc1)C(=O)NC1CC1)c(=O)n2C. The lowest BCUT2D eigenvalue weighted by Crippen LogP contribution is -2.51. The predicted molar refractivity (Wildman–Crippen MR) is 113 cm³/mol. The van der Waals surface area contributed by atoms with E-state index in [0.717, 1.165) is 23.0 Å². The fraction of sp³-hybridized carbons (Fsp3) is 0.381. The van der Waals surface area contributed by atoms with Crippen LogP contribution in [0.5, 0.6) is 0 Å². The number of fused-ring (bicyclic) bond motifs is 1. The minimum absolute atomic E-state index is 0.143. The molecule has 2 N–H and O–H groups in total. The molecule has 1 fully saturated rings. The average Bonchev–Trinajstić information content (AvgIpc) is 3.48. The minimum Gasteiger partial charge on any atom is -0.352 e. The van der Waals surface area contributed by atoms with Crippen LogP contribution >= 0.6 is 0 Å². The minimum atomic E-state index is -0.810. The lowest BCUT2D eigenvalue weighted by Gasteiger charge is -2.19. The van der Waals surface area contributed by atoms with Crippen molar-refractivity contribution in [2.24, 2.45) is 14.1 Å². The van der Waals surface area contributed by atoms with Crippen molar-refractivity contribution in [3.05, 3.63) is 63.1 Å². The van der Waals surface area contributed by atoms with Gasteiger partial charge >= 0.3 is 5.69 Å². The molecule has 10 nitrogen and oxygen atoms in total. The van der Waals surface area contributed by atoms with Gasteiger partial charge in [0.15, 0.2) is 11.2 Å². The molecule has 4 rings (SSSR count). The van der Waals surface area contributed by atoms with E-state index in [9.17, 15) is 19.2 Å². The summed E-state index contributed by atoms with van der Waals surface area (Å²) in [7, 11) is 3.14. The Morgan fingerprint density at radius 2 is 1.87 bits per heavy atom. The lowest BCUT2D eigenvalue weighted by molar-refractivity contribution is -0.129. The van der Waals surface area contributed by atoms with E-state index in [-0.39, 0.29) is 23.1 Å². The molecule has 2 aromatic heterocycles. The zero-order valence-corrected chi connectivity index (χ0v) is 17.4. The molecule has 0 spiro atoms. The first-order chi connectivity index (χ1) is 14.8. The molecule has 2 amide bonds. The molecule has 1 unspecified atom stereocenters. The summed E-state index contributed by atoms with van der Waals surface area (Å²) in [6.45, 7) is -0.491. The average molecular weight is 424 g/mol. The van der Waals surface area contributed by atoms with Gasteiger partial charge in [-0.3, -0.25) is 19.0 Å². The highest BCUT2D eigenvalue weighted by atomic mass is 16.2. The Morgan fingerprint density at radius 3 is 2.55 bits per heavy atom. The van der Waals surface area contributed by atoms with Crippen LogP contribution in [0.2, 0.25) is 0 Å². The maximum atomic E-state index is 12.8. The summed E-state index contributed by atoms with van der Waals surface area (Å²) >= 11 is 0. The van der Waals surface area contributed by atoms with Gasteiger partial charge in [-0.2, -0.15) is 0 Å². The van der Waals surface area contributed by atoms with Gasteiger partial charge < -0.3 is 15.2 Å². The van der Waals surface area contributed by atoms with E-state index < -0.39 is 29.7 Å². The van der Waals surface area contributed by atoms with Crippen molar-refractivity contribution in [2.75, 3.05) is 0 Å². The van der Waals surface area contributed by atoms with Gasteiger partial charge in [0.1, 0.15) is 12.6 Å². The molecule has 3 aromatic rings. The zero-order chi connectivity index (χ0) is 22.1. The first-order valence-corrected chi connectivity index (χ1v) is 10.1. The van der Waals surface area contributed by atoms with Crippen LogP contribution in [0.1, 0.15) is 18.4 Å². The summed E-state index contributed by atoms with van der Waals surface area (Å²) in [6, 6.07) is 8.68. The number of nitrogens with one attached hydrogen (secondary N) is 2. The number of aryl methyl sites for hydroxylation is 2. The fourth-order valence-corrected chi connectivity index (χ4v) is 3.51. The number of hydrogen-bond donors (Lipinski definition) is 2. The van der Waals surface area contributed by atoms with Gasteiger partial charge in [0, 0.05) is 26.6 Å². The molecule has 1 aromatic carbocycles. The van der Waals surface area contributed by atoms with Gasteiger partial charge in [0.05, 0.1) is 6.33 Å². The number of carbonyl (C=O) groups excluding carboxylic acids is 2. The van der Waals surface area contributed by atoms with Crippen LogP contribution in [0.4, 0.5) is 0 Å². The molecule has 162 valence electrons. The highest BCUT2D eigenvalue weighted by Gasteiger charge is 2.29. The fourth-order valence-electron chi connectivity index (χ4n) is 3.51. The Morgan fingerprint density at radius 1 is 1.16 bits per heavy atom. The third-order valence-electron chi connectivity index (χ3n) is 5.36. The molecule has 0 saturated heterocycles. The summed E-state index contributed by atoms with van der Waals surface area (Å²) in [6.07, 6.45) is 3.59. The Hall–Kier alpha value is -3.69.